The number of hydrogen-bond donors (Lipinski definition) is 2. The molecule has 2 saturated heterocycles. The van der Waals surface area contributed by atoms with E-state index in [0.717, 1.165) is 38.3 Å². The number of methoxy groups -OCH3 is 1. The first-order valence-electron chi connectivity index (χ1n) is 9.26. The minimum absolute atomic E-state index is 0.0144. The quantitative estimate of drug-likeness (QED) is 0.748. The number of amides is 1. The highest BCUT2D eigenvalue weighted by molar-refractivity contribution is 7.89. The van der Waals surface area contributed by atoms with Crippen LogP contribution in [-0.4, -0.2) is 58.0 Å². The van der Waals surface area contributed by atoms with E-state index >= 15 is 0 Å². The van der Waals surface area contributed by atoms with Crippen LogP contribution in [0.3, 0.4) is 0 Å². The van der Waals surface area contributed by atoms with Crippen LogP contribution in [0, 0.1) is 11.7 Å². The van der Waals surface area contributed by atoms with Crippen LogP contribution in [0.15, 0.2) is 23.1 Å². The Bertz CT molecular complexity index is 781. The largest absolute Gasteiger partial charge is 0.494 e. The van der Waals surface area contributed by atoms with Crippen LogP contribution in [-0.2, 0) is 14.8 Å². The van der Waals surface area contributed by atoms with Gasteiger partial charge in [-0.05, 0) is 50.3 Å². The first-order valence-corrected chi connectivity index (χ1v) is 10.7. The van der Waals surface area contributed by atoms with Crippen LogP contribution in [0.1, 0.15) is 25.7 Å². The van der Waals surface area contributed by atoms with Crippen molar-refractivity contribution in [3.05, 3.63) is 24.0 Å². The highest BCUT2D eigenvalue weighted by Gasteiger charge is 2.31. The number of sulfonamides is 1. The zero-order valence-corrected chi connectivity index (χ0v) is 16.2. The number of nitrogens with one attached hydrogen (secondary N) is 2. The molecule has 0 saturated carbocycles. The van der Waals surface area contributed by atoms with Gasteiger partial charge >= 0.3 is 0 Å². The van der Waals surface area contributed by atoms with Crippen molar-refractivity contribution >= 4 is 15.9 Å². The summed E-state index contributed by atoms with van der Waals surface area (Å²) in [6.07, 6.45) is 3.41. The maximum Gasteiger partial charge on any atom is 0.243 e. The van der Waals surface area contributed by atoms with E-state index < -0.39 is 15.8 Å². The molecule has 0 spiro atoms. The fourth-order valence-electron chi connectivity index (χ4n) is 3.64. The average molecular weight is 399 g/mol. The van der Waals surface area contributed by atoms with E-state index in [1.165, 1.54) is 23.5 Å². The van der Waals surface area contributed by atoms with E-state index in [2.05, 4.69) is 10.6 Å². The number of piperidine rings is 1. The molecule has 0 aliphatic carbocycles. The van der Waals surface area contributed by atoms with E-state index in [1.807, 2.05) is 0 Å². The van der Waals surface area contributed by atoms with Gasteiger partial charge in [-0.2, -0.15) is 4.31 Å². The van der Waals surface area contributed by atoms with Crippen LogP contribution in [0.25, 0.3) is 0 Å². The lowest BCUT2D eigenvalue weighted by Gasteiger charge is -2.32. The molecular formula is C18H26FN3O4S. The summed E-state index contributed by atoms with van der Waals surface area (Å²) in [5.74, 6) is -0.658. The second kappa shape index (κ2) is 8.53. The lowest BCUT2D eigenvalue weighted by molar-refractivity contribution is -0.123. The minimum atomic E-state index is -3.74. The smallest absolute Gasteiger partial charge is 0.243 e. The molecule has 2 aliphatic rings. The standard InChI is InChI=1S/C18H26FN3O4S/c1-26-17-10-14(6-7-15(17)19)27(24,25)22-9-3-4-13(12-22)11-21-18(23)16-5-2-8-20-16/h6-7,10,13,16,20H,2-5,8-9,11-12H2,1H3,(H,21,23). The molecule has 0 radical (unpaired) electrons. The molecule has 1 aromatic carbocycles. The van der Waals surface area contributed by atoms with Gasteiger partial charge in [-0.15, -0.1) is 0 Å². The van der Waals surface area contributed by atoms with Gasteiger partial charge in [0.2, 0.25) is 15.9 Å². The molecule has 7 nitrogen and oxygen atoms in total. The highest BCUT2D eigenvalue weighted by Crippen LogP contribution is 2.27. The third-order valence-corrected chi connectivity index (χ3v) is 7.04. The Labute approximate surface area is 159 Å². The fraction of sp³-hybridized carbons (Fsp3) is 0.611. The predicted octanol–water partition coefficient (Wildman–Crippen LogP) is 1.10. The van der Waals surface area contributed by atoms with Crippen molar-refractivity contribution in [3.63, 3.8) is 0 Å². The topological polar surface area (TPSA) is 87.7 Å². The van der Waals surface area contributed by atoms with Crippen molar-refractivity contribution in [1.82, 2.24) is 14.9 Å². The fourth-order valence-corrected chi connectivity index (χ4v) is 5.21. The third kappa shape index (κ3) is 4.59. The SMILES string of the molecule is COc1cc(S(=O)(=O)N2CCCC(CNC(=O)C3CCCN3)C2)ccc1F. The van der Waals surface area contributed by atoms with Crippen molar-refractivity contribution in [2.24, 2.45) is 5.92 Å². The van der Waals surface area contributed by atoms with Gasteiger partial charge in [-0.3, -0.25) is 4.79 Å². The molecule has 2 fully saturated rings. The monoisotopic (exact) mass is 399 g/mol. The van der Waals surface area contributed by atoms with Crippen molar-refractivity contribution in [2.75, 3.05) is 33.3 Å². The number of carbonyl (C=O) groups is 1. The summed E-state index contributed by atoms with van der Waals surface area (Å²) >= 11 is 0. The molecule has 2 aliphatic heterocycles. The maximum atomic E-state index is 13.6. The van der Waals surface area contributed by atoms with Crippen molar-refractivity contribution in [1.29, 1.82) is 0 Å². The number of benzene rings is 1. The molecule has 1 aromatic rings. The van der Waals surface area contributed by atoms with Crippen molar-refractivity contribution < 1.29 is 22.3 Å². The molecular weight excluding hydrogens is 373 g/mol. The molecule has 2 atom stereocenters. The first-order chi connectivity index (χ1) is 12.9. The summed E-state index contributed by atoms with van der Waals surface area (Å²) in [4.78, 5) is 12.1. The van der Waals surface area contributed by atoms with Gasteiger partial charge in [0.05, 0.1) is 18.0 Å². The molecule has 150 valence electrons. The molecule has 2 unspecified atom stereocenters. The average Bonchev–Trinajstić information content (AvgIpc) is 3.21. The third-order valence-electron chi connectivity index (χ3n) is 5.18. The molecule has 9 heteroatoms. The van der Waals surface area contributed by atoms with E-state index in [1.54, 1.807) is 0 Å². The number of rotatable bonds is 6. The molecule has 0 aromatic heterocycles. The predicted molar refractivity (Wildman–Crippen MR) is 98.5 cm³/mol. The molecule has 2 N–H and O–H groups in total. The van der Waals surface area contributed by atoms with Crippen LogP contribution >= 0.6 is 0 Å². The van der Waals surface area contributed by atoms with E-state index in [-0.39, 0.29) is 28.5 Å². The summed E-state index contributed by atoms with van der Waals surface area (Å²) in [7, 11) is -2.44. The van der Waals surface area contributed by atoms with Gasteiger partial charge in [0, 0.05) is 25.7 Å². The Morgan fingerprint density at radius 2 is 2.19 bits per heavy atom. The highest BCUT2D eigenvalue weighted by atomic mass is 32.2. The van der Waals surface area contributed by atoms with Crippen LogP contribution in [0.5, 0.6) is 5.75 Å². The van der Waals surface area contributed by atoms with Gasteiger partial charge in [-0.25, -0.2) is 12.8 Å². The Kier molecular flexibility index (Phi) is 6.33. The van der Waals surface area contributed by atoms with Gasteiger partial charge in [0.15, 0.2) is 11.6 Å². The molecule has 27 heavy (non-hydrogen) atoms. The number of hydrogen-bond acceptors (Lipinski definition) is 5. The van der Waals surface area contributed by atoms with E-state index in [4.69, 9.17) is 4.74 Å². The second-order valence-electron chi connectivity index (χ2n) is 7.06. The Hall–Kier alpha value is -1.71. The number of ether oxygens (including phenoxy) is 1. The minimum Gasteiger partial charge on any atom is -0.494 e. The molecule has 3 rings (SSSR count). The molecule has 2 heterocycles. The summed E-state index contributed by atoms with van der Waals surface area (Å²) in [5.41, 5.74) is 0. The maximum absolute atomic E-state index is 13.6. The van der Waals surface area contributed by atoms with Crippen molar-refractivity contribution in [3.8, 4) is 5.75 Å². The lowest BCUT2D eigenvalue weighted by atomic mass is 9.99. The summed E-state index contributed by atoms with van der Waals surface area (Å²) in [5, 5.41) is 6.09. The van der Waals surface area contributed by atoms with Gasteiger partial charge in [0.25, 0.3) is 0 Å². The first kappa shape index (κ1) is 20.0. The van der Waals surface area contributed by atoms with Crippen molar-refractivity contribution in [2.45, 2.75) is 36.6 Å². The van der Waals surface area contributed by atoms with Crippen LogP contribution in [0.4, 0.5) is 4.39 Å². The number of halogens is 1. The summed E-state index contributed by atoms with van der Waals surface area (Å²) < 4.78 is 45.7. The van der Waals surface area contributed by atoms with Gasteiger partial charge in [-0.1, -0.05) is 0 Å². The van der Waals surface area contributed by atoms with Gasteiger partial charge in [0.1, 0.15) is 0 Å². The molecule has 1 amide bonds. The van der Waals surface area contributed by atoms with E-state index in [9.17, 15) is 17.6 Å². The van der Waals surface area contributed by atoms with Gasteiger partial charge < -0.3 is 15.4 Å². The normalized spacial score (nSPS) is 23.9. The Morgan fingerprint density at radius 1 is 1.37 bits per heavy atom. The lowest BCUT2D eigenvalue weighted by Crippen LogP contribution is -2.46. The molecule has 0 bridgehead atoms. The van der Waals surface area contributed by atoms with Crippen LogP contribution < -0.4 is 15.4 Å². The van der Waals surface area contributed by atoms with E-state index in [0.29, 0.717) is 19.6 Å². The zero-order chi connectivity index (χ0) is 19.4. The number of carbonyl (C=O) groups excluding carboxylic acids is 1. The second-order valence-corrected chi connectivity index (χ2v) is 9.00. The Balaban J connectivity index is 1.63. The van der Waals surface area contributed by atoms with Crippen LogP contribution in [0.2, 0.25) is 0 Å². The summed E-state index contributed by atoms with van der Waals surface area (Å²) in [6, 6.07) is 3.42. The zero-order valence-electron chi connectivity index (χ0n) is 15.4. The summed E-state index contributed by atoms with van der Waals surface area (Å²) in [6.45, 7) is 2.06. The Morgan fingerprint density at radius 3 is 2.89 bits per heavy atom. The number of nitrogens with zero attached hydrogens (tertiary/aromatic N) is 1.